The summed E-state index contributed by atoms with van der Waals surface area (Å²) in [6.07, 6.45) is 4.71. The molecule has 8 atom stereocenters. The second kappa shape index (κ2) is 5.37. The molecule has 0 bridgehead atoms. The van der Waals surface area contributed by atoms with Crippen molar-refractivity contribution >= 4 is 11.6 Å². The molecule has 4 fully saturated rings. The standard InChI is InChI=1S/C21H24F2O5/c1-11-7-15-14-4-3-12-8-13(24)5-6-18(12,2)20(14,22)16(25)9-19(15)21(11,28-19)17(26)10-27-23/h5-6,8,11,14-16,25H,3-4,7,9-10H2,1-2H3/t11-,14?,15+,16?,18?,19?,20+,21+/m1/s1. The Morgan fingerprint density at radius 1 is 1.43 bits per heavy atom. The summed E-state index contributed by atoms with van der Waals surface area (Å²) in [6.45, 7) is 2.91. The summed E-state index contributed by atoms with van der Waals surface area (Å²) < 4.78 is 35.2. The molecular formula is C21H24F2O5. The van der Waals surface area contributed by atoms with Crippen LogP contribution in [0.2, 0.25) is 0 Å². The molecule has 4 unspecified atom stereocenters. The van der Waals surface area contributed by atoms with Gasteiger partial charge in [0.1, 0.15) is 12.2 Å². The lowest BCUT2D eigenvalue weighted by atomic mass is 9.48. The number of alkyl halides is 1. The van der Waals surface area contributed by atoms with Crippen LogP contribution in [0.25, 0.3) is 0 Å². The first-order chi connectivity index (χ1) is 13.2. The third-order valence-electron chi connectivity index (χ3n) is 8.52. The minimum Gasteiger partial charge on any atom is -0.390 e. The van der Waals surface area contributed by atoms with Crippen molar-refractivity contribution in [2.75, 3.05) is 6.61 Å². The molecule has 152 valence electrons. The van der Waals surface area contributed by atoms with Crippen molar-refractivity contribution in [3.63, 3.8) is 0 Å². The van der Waals surface area contributed by atoms with Crippen LogP contribution in [0.5, 0.6) is 0 Å². The Kier molecular flexibility index (Phi) is 3.57. The molecule has 0 radical (unpaired) electrons. The summed E-state index contributed by atoms with van der Waals surface area (Å²) >= 11 is 0. The number of hydrogen-bond donors (Lipinski definition) is 1. The van der Waals surface area contributed by atoms with Gasteiger partial charge >= 0.3 is 0 Å². The number of rotatable bonds is 3. The minimum absolute atomic E-state index is 0.0162. The summed E-state index contributed by atoms with van der Waals surface area (Å²) in [6, 6.07) is 0. The molecule has 28 heavy (non-hydrogen) atoms. The van der Waals surface area contributed by atoms with Gasteiger partial charge in [0.05, 0.1) is 6.10 Å². The van der Waals surface area contributed by atoms with Crippen molar-refractivity contribution in [3.05, 3.63) is 23.8 Å². The molecule has 0 aromatic heterocycles. The van der Waals surface area contributed by atoms with Crippen LogP contribution < -0.4 is 0 Å². The summed E-state index contributed by atoms with van der Waals surface area (Å²) in [5.41, 5.74) is -4.45. The first-order valence-electron chi connectivity index (χ1n) is 9.95. The van der Waals surface area contributed by atoms with E-state index in [1.165, 1.54) is 12.2 Å². The van der Waals surface area contributed by atoms with Crippen molar-refractivity contribution in [1.29, 1.82) is 0 Å². The van der Waals surface area contributed by atoms with E-state index in [1.54, 1.807) is 13.0 Å². The summed E-state index contributed by atoms with van der Waals surface area (Å²) in [5, 5.41) is 11.1. The second-order valence-electron chi connectivity index (χ2n) is 9.39. The number of carbonyl (C=O) groups is 2. The molecule has 1 saturated heterocycles. The smallest absolute Gasteiger partial charge is 0.197 e. The number of ketones is 2. The maximum Gasteiger partial charge on any atom is 0.197 e. The van der Waals surface area contributed by atoms with Crippen LogP contribution in [-0.2, 0) is 19.3 Å². The molecule has 3 saturated carbocycles. The van der Waals surface area contributed by atoms with E-state index in [9.17, 15) is 19.2 Å². The zero-order valence-corrected chi connectivity index (χ0v) is 15.9. The van der Waals surface area contributed by atoms with Gasteiger partial charge in [-0.3, -0.25) is 9.59 Å². The van der Waals surface area contributed by atoms with E-state index in [0.717, 1.165) is 0 Å². The van der Waals surface area contributed by atoms with Crippen molar-refractivity contribution in [2.24, 2.45) is 23.2 Å². The normalized spacial score (nSPS) is 53.6. The predicted molar refractivity (Wildman–Crippen MR) is 93.4 cm³/mol. The van der Waals surface area contributed by atoms with Crippen LogP contribution in [0.3, 0.4) is 0 Å². The van der Waals surface area contributed by atoms with E-state index < -0.39 is 46.7 Å². The lowest BCUT2D eigenvalue weighted by Gasteiger charge is -2.59. The molecule has 1 N–H and O–H groups in total. The topological polar surface area (TPSA) is 76.1 Å². The Labute approximate surface area is 161 Å². The maximum atomic E-state index is 16.8. The Bertz CT molecular complexity index is 839. The zero-order valence-electron chi connectivity index (χ0n) is 15.9. The molecular weight excluding hydrogens is 370 g/mol. The SMILES string of the molecule is C[C@@H]1C[C@H]2C3CCC4=CC(=O)C=CC4(C)[C@@]3(F)C(O)CC23O[C@]13C(=O)COF. The van der Waals surface area contributed by atoms with Crippen LogP contribution in [0.4, 0.5) is 8.92 Å². The van der Waals surface area contributed by atoms with E-state index in [2.05, 4.69) is 4.94 Å². The molecule has 0 amide bonds. The number of ether oxygens (including phenoxy) is 1. The number of aliphatic hydroxyl groups excluding tert-OH is 1. The van der Waals surface area contributed by atoms with Gasteiger partial charge in [-0.25, -0.2) is 4.39 Å². The first kappa shape index (κ1) is 18.6. The Hall–Kier alpha value is -1.44. The summed E-state index contributed by atoms with van der Waals surface area (Å²) in [4.78, 5) is 28.0. The third kappa shape index (κ3) is 1.78. The Morgan fingerprint density at radius 2 is 2.18 bits per heavy atom. The van der Waals surface area contributed by atoms with Crippen LogP contribution in [0.1, 0.15) is 39.5 Å². The molecule has 0 aromatic rings. The highest BCUT2D eigenvalue weighted by Gasteiger charge is 2.87. The van der Waals surface area contributed by atoms with Crippen LogP contribution in [-0.4, -0.2) is 46.3 Å². The predicted octanol–water partition coefficient (Wildman–Crippen LogP) is 2.57. The average molecular weight is 394 g/mol. The fraction of sp³-hybridized carbons (Fsp3) is 0.714. The number of aliphatic hydroxyl groups is 1. The third-order valence-corrected chi connectivity index (χ3v) is 8.52. The molecule has 4 aliphatic carbocycles. The lowest BCUT2D eigenvalue weighted by Crippen LogP contribution is -2.66. The molecule has 1 spiro atoms. The molecule has 1 aliphatic heterocycles. The Morgan fingerprint density at radius 3 is 2.89 bits per heavy atom. The highest BCUT2D eigenvalue weighted by atomic mass is 19.3. The molecule has 5 aliphatic rings. The van der Waals surface area contributed by atoms with Gasteiger partial charge in [0.2, 0.25) is 0 Å². The number of allylic oxidation sites excluding steroid dienone is 4. The molecule has 7 heteroatoms. The van der Waals surface area contributed by atoms with Gasteiger partial charge in [-0.15, -0.1) is 0 Å². The highest BCUT2D eigenvalue weighted by Crippen LogP contribution is 2.76. The van der Waals surface area contributed by atoms with E-state index in [-0.39, 0.29) is 24.0 Å². The number of halogens is 2. The van der Waals surface area contributed by atoms with E-state index in [0.29, 0.717) is 24.8 Å². The van der Waals surface area contributed by atoms with Crippen molar-refractivity contribution in [1.82, 2.24) is 0 Å². The number of epoxide rings is 1. The van der Waals surface area contributed by atoms with Crippen molar-refractivity contribution in [2.45, 2.75) is 62.5 Å². The van der Waals surface area contributed by atoms with E-state index in [1.807, 2.05) is 6.92 Å². The van der Waals surface area contributed by atoms with Gasteiger partial charge in [-0.05, 0) is 54.7 Å². The summed E-state index contributed by atoms with van der Waals surface area (Å²) in [7, 11) is 0. The fourth-order valence-electron chi connectivity index (χ4n) is 7.29. The highest BCUT2D eigenvalue weighted by molar-refractivity contribution is 6.01. The number of Topliss-reactive ketones (excluding diaryl/α,β-unsaturated/α-hetero) is 1. The molecule has 5 rings (SSSR count). The summed E-state index contributed by atoms with van der Waals surface area (Å²) in [5.74, 6) is -1.60. The zero-order chi connectivity index (χ0) is 20.1. The van der Waals surface area contributed by atoms with E-state index >= 15 is 4.39 Å². The van der Waals surface area contributed by atoms with Crippen LogP contribution in [0.15, 0.2) is 23.8 Å². The molecule has 1 heterocycles. The average Bonchev–Trinajstić information content (AvgIpc) is 3.25. The van der Waals surface area contributed by atoms with Gasteiger partial charge in [-0.2, -0.15) is 4.94 Å². The van der Waals surface area contributed by atoms with Gasteiger partial charge in [-0.1, -0.05) is 18.6 Å². The minimum atomic E-state index is -1.95. The Balaban J connectivity index is 1.58. The molecule has 5 nitrogen and oxygen atoms in total. The van der Waals surface area contributed by atoms with Crippen molar-refractivity contribution < 1.29 is 33.3 Å². The first-order valence-corrected chi connectivity index (χ1v) is 9.95. The van der Waals surface area contributed by atoms with Crippen LogP contribution in [0, 0.1) is 23.2 Å². The lowest BCUT2D eigenvalue weighted by molar-refractivity contribution is -0.179. The monoisotopic (exact) mass is 394 g/mol. The second-order valence-corrected chi connectivity index (χ2v) is 9.39. The van der Waals surface area contributed by atoms with Gasteiger partial charge < -0.3 is 9.84 Å². The van der Waals surface area contributed by atoms with Gasteiger partial charge in [0, 0.05) is 17.8 Å². The maximum absolute atomic E-state index is 16.8. The fourth-order valence-corrected chi connectivity index (χ4v) is 7.29. The number of hydrogen-bond acceptors (Lipinski definition) is 5. The van der Waals surface area contributed by atoms with Gasteiger partial charge in [0.15, 0.2) is 22.8 Å². The van der Waals surface area contributed by atoms with E-state index in [4.69, 9.17) is 4.74 Å². The number of carbonyl (C=O) groups excluding carboxylic acids is 2. The van der Waals surface area contributed by atoms with Gasteiger partial charge in [0.25, 0.3) is 0 Å². The number of fused-ring (bicyclic) bond motifs is 4. The van der Waals surface area contributed by atoms with Crippen LogP contribution >= 0.6 is 0 Å². The van der Waals surface area contributed by atoms with Crippen molar-refractivity contribution in [3.8, 4) is 0 Å². The largest absolute Gasteiger partial charge is 0.390 e. The quantitative estimate of drug-likeness (QED) is 0.745. The molecule has 0 aromatic carbocycles.